The van der Waals surface area contributed by atoms with Crippen molar-refractivity contribution in [1.29, 1.82) is 0 Å². The highest BCUT2D eigenvalue weighted by Crippen LogP contribution is 2.25. The highest BCUT2D eigenvalue weighted by atomic mass is 32.2. The van der Waals surface area contributed by atoms with Gasteiger partial charge >= 0.3 is 0 Å². The number of nitrogens with zero attached hydrogens (tertiary/aromatic N) is 1. The van der Waals surface area contributed by atoms with Crippen molar-refractivity contribution in [3.8, 4) is 0 Å². The molecule has 0 aromatic heterocycles. The normalized spacial score (nSPS) is 27.1. The van der Waals surface area contributed by atoms with Crippen molar-refractivity contribution in [2.24, 2.45) is 5.92 Å². The summed E-state index contributed by atoms with van der Waals surface area (Å²) in [7, 11) is 1.24. The first kappa shape index (κ1) is 15.9. The summed E-state index contributed by atoms with van der Waals surface area (Å²) in [5.74, 6) is 0.561. The Bertz CT molecular complexity index is 344. The lowest BCUT2D eigenvalue weighted by atomic mass is 10.0. The van der Waals surface area contributed by atoms with E-state index in [1.54, 1.807) is 0 Å². The summed E-state index contributed by atoms with van der Waals surface area (Å²) >= 11 is 0. The summed E-state index contributed by atoms with van der Waals surface area (Å²) in [6.07, 6.45) is 4.17. The number of likely N-dealkylation sites (N-methyl/N-ethyl adjacent to an activating group) is 1. The van der Waals surface area contributed by atoms with Crippen LogP contribution in [0.4, 0.5) is 0 Å². The molecule has 5 heteroatoms. The van der Waals surface area contributed by atoms with Gasteiger partial charge in [0.2, 0.25) is 0 Å². The summed E-state index contributed by atoms with van der Waals surface area (Å²) in [6.45, 7) is 5.27. The second kappa shape index (κ2) is 6.35. The predicted octanol–water partition coefficient (Wildman–Crippen LogP) is 1.13. The Labute approximate surface area is 112 Å². The molecular weight excluding hydrogens is 248 g/mol. The van der Waals surface area contributed by atoms with E-state index in [9.17, 15) is 8.42 Å². The molecule has 0 bridgehead atoms. The van der Waals surface area contributed by atoms with Crippen LogP contribution in [-0.4, -0.2) is 57.5 Å². The van der Waals surface area contributed by atoms with E-state index in [1.807, 2.05) is 0 Å². The Morgan fingerprint density at radius 1 is 1.28 bits per heavy atom. The number of rotatable bonds is 6. The van der Waals surface area contributed by atoms with Crippen LogP contribution in [0.1, 0.15) is 33.1 Å². The summed E-state index contributed by atoms with van der Waals surface area (Å²) < 4.78 is 23.4. The summed E-state index contributed by atoms with van der Waals surface area (Å²) in [4.78, 5) is 2.21. The number of hydrogen-bond acceptors (Lipinski definition) is 4. The molecule has 1 fully saturated rings. The van der Waals surface area contributed by atoms with Crippen LogP contribution in [0.3, 0.4) is 0 Å². The smallest absolute Gasteiger partial charge is 0.151 e. The van der Waals surface area contributed by atoms with E-state index < -0.39 is 9.84 Å². The lowest BCUT2D eigenvalue weighted by molar-refractivity contribution is 0.219. The van der Waals surface area contributed by atoms with Crippen LogP contribution in [0.25, 0.3) is 0 Å². The molecule has 4 nitrogen and oxygen atoms in total. The summed E-state index contributed by atoms with van der Waals surface area (Å²) in [5, 5.41) is 3.29. The fourth-order valence-electron chi connectivity index (χ4n) is 2.96. The zero-order valence-electron chi connectivity index (χ0n) is 12.3. The van der Waals surface area contributed by atoms with Gasteiger partial charge in [0.15, 0.2) is 9.84 Å². The van der Waals surface area contributed by atoms with Gasteiger partial charge in [0.1, 0.15) is 0 Å². The molecule has 1 N–H and O–H groups in total. The fraction of sp³-hybridized carbons (Fsp3) is 1.00. The molecular formula is C13H28N2O2S. The molecule has 1 saturated carbocycles. The van der Waals surface area contributed by atoms with Crippen LogP contribution in [-0.2, 0) is 9.84 Å². The molecule has 1 aliphatic carbocycles. The molecule has 0 radical (unpaired) electrons. The van der Waals surface area contributed by atoms with Crippen LogP contribution in [0.2, 0.25) is 0 Å². The number of sulfone groups is 1. The van der Waals surface area contributed by atoms with Crippen LogP contribution in [0, 0.1) is 5.92 Å². The lowest BCUT2D eigenvalue weighted by Gasteiger charge is -2.30. The SMILES string of the molecule is CC(C)C(CNC1CCCC1S(C)(=O)=O)N(C)C. The van der Waals surface area contributed by atoms with Crippen LogP contribution >= 0.6 is 0 Å². The average molecular weight is 276 g/mol. The van der Waals surface area contributed by atoms with Crippen LogP contribution < -0.4 is 5.32 Å². The van der Waals surface area contributed by atoms with Crippen molar-refractivity contribution >= 4 is 9.84 Å². The minimum Gasteiger partial charge on any atom is -0.311 e. The summed E-state index contributed by atoms with van der Waals surface area (Å²) in [5.41, 5.74) is 0. The lowest BCUT2D eigenvalue weighted by Crippen LogP contribution is -2.48. The first-order valence-electron chi connectivity index (χ1n) is 6.82. The van der Waals surface area contributed by atoms with E-state index >= 15 is 0 Å². The van der Waals surface area contributed by atoms with E-state index in [-0.39, 0.29) is 11.3 Å². The minimum absolute atomic E-state index is 0.140. The summed E-state index contributed by atoms with van der Waals surface area (Å²) in [6, 6.07) is 0.590. The van der Waals surface area contributed by atoms with Gasteiger partial charge in [-0.15, -0.1) is 0 Å². The van der Waals surface area contributed by atoms with Gasteiger partial charge in [0, 0.05) is 24.9 Å². The van der Waals surface area contributed by atoms with Gasteiger partial charge in [-0.1, -0.05) is 20.3 Å². The third-order valence-electron chi connectivity index (χ3n) is 4.02. The number of hydrogen-bond donors (Lipinski definition) is 1. The van der Waals surface area contributed by atoms with E-state index in [2.05, 4.69) is 38.2 Å². The van der Waals surface area contributed by atoms with Gasteiger partial charge in [0.25, 0.3) is 0 Å². The van der Waals surface area contributed by atoms with Crippen molar-refractivity contribution in [2.75, 3.05) is 26.9 Å². The molecule has 0 amide bonds. The Hall–Kier alpha value is -0.130. The largest absolute Gasteiger partial charge is 0.311 e. The molecule has 0 aromatic carbocycles. The highest BCUT2D eigenvalue weighted by molar-refractivity contribution is 7.91. The van der Waals surface area contributed by atoms with E-state index in [0.29, 0.717) is 12.0 Å². The fourth-order valence-corrected chi connectivity index (χ4v) is 4.38. The third-order valence-corrected chi connectivity index (χ3v) is 5.69. The van der Waals surface area contributed by atoms with Crippen molar-refractivity contribution < 1.29 is 8.42 Å². The molecule has 18 heavy (non-hydrogen) atoms. The molecule has 108 valence electrons. The highest BCUT2D eigenvalue weighted by Gasteiger charge is 2.34. The third kappa shape index (κ3) is 4.21. The Morgan fingerprint density at radius 3 is 2.33 bits per heavy atom. The Kier molecular flexibility index (Phi) is 5.62. The average Bonchev–Trinajstić information content (AvgIpc) is 2.64. The van der Waals surface area contributed by atoms with Gasteiger partial charge in [0.05, 0.1) is 5.25 Å². The van der Waals surface area contributed by atoms with Crippen molar-refractivity contribution in [2.45, 2.75) is 50.4 Å². The second-order valence-corrected chi connectivity index (χ2v) is 8.35. The van der Waals surface area contributed by atoms with E-state index in [4.69, 9.17) is 0 Å². The van der Waals surface area contributed by atoms with Crippen LogP contribution in [0.15, 0.2) is 0 Å². The first-order chi connectivity index (χ1) is 8.23. The molecule has 3 atom stereocenters. The molecule has 1 rings (SSSR count). The van der Waals surface area contributed by atoms with Crippen molar-refractivity contribution in [3.63, 3.8) is 0 Å². The molecule has 0 heterocycles. The van der Waals surface area contributed by atoms with Gasteiger partial charge in [-0.25, -0.2) is 8.42 Å². The monoisotopic (exact) mass is 276 g/mol. The minimum atomic E-state index is -2.92. The first-order valence-corrected chi connectivity index (χ1v) is 8.77. The zero-order chi connectivity index (χ0) is 13.9. The van der Waals surface area contributed by atoms with Crippen molar-refractivity contribution in [1.82, 2.24) is 10.2 Å². The predicted molar refractivity (Wildman–Crippen MR) is 76.6 cm³/mol. The molecule has 0 saturated heterocycles. The Morgan fingerprint density at radius 2 is 1.89 bits per heavy atom. The van der Waals surface area contributed by atoms with Gasteiger partial charge in [-0.05, 0) is 32.9 Å². The van der Waals surface area contributed by atoms with E-state index in [1.165, 1.54) is 6.26 Å². The van der Waals surface area contributed by atoms with Crippen LogP contribution in [0.5, 0.6) is 0 Å². The number of nitrogens with one attached hydrogen (secondary N) is 1. The molecule has 1 aliphatic rings. The zero-order valence-corrected chi connectivity index (χ0v) is 13.1. The standard InChI is InChI=1S/C13H28N2O2S/c1-10(2)12(15(3)4)9-14-11-7-6-8-13(11)18(5,16)17/h10-14H,6-9H2,1-5H3. The topological polar surface area (TPSA) is 49.4 Å². The maximum absolute atomic E-state index is 11.7. The van der Waals surface area contributed by atoms with Crippen molar-refractivity contribution in [3.05, 3.63) is 0 Å². The molecule has 0 spiro atoms. The maximum Gasteiger partial charge on any atom is 0.151 e. The molecule has 0 aromatic rings. The quantitative estimate of drug-likeness (QED) is 0.790. The Balaban J connectivity index is 2.57. The van der Waals surface area contributed by atoms with E-state index in [0.717, 1.165) is 25.8 Å². The maximum atomic E-state index is 11.7. The molecule has 0 aliphatic heterocycles. The van der Waals surface area contributed by atoms with Gasteiger partial charge in [-0.3, -0.25) is 0 Å². The van der Waals surface area contributed by atoms with Gasteiger partial charge in [-0.2, -0.15) is 0 Å². The van der Waals surface area contributed by atoms with Gasteiger partial charge < -0.3 is 10.2 Å². The molecule has 3 unspecified atom stereocenters. The second-order valence-electron chi connectivity index (χ2n) is 6.09.